The predicted molar refractivity (Wildman–Crippen MR) is 101 cm³/mol. The highest BCUT2D eigenvalue weighted by Crippen LogP contribution is 2.32. The summed E-state index contributed by atoms with van der Waals surface area (Å²) in [5.74, 6) is -0.322. The van der Waals surface area contributed by atoms with E-state index in [1.807, 2.05) is 26.0 Å². The van der Waals surface area contributed by atoms with Gasteiger partial charge in [-0.1, -0.05) is 12.1 Å². The fourth-order valence-corrected chi connectivity index (χ4v) is 3.45. The highest BCUT2D eigenvalue weighted by molar-refractivity contribution is 5.92. The van der Waals surface area contributed by atoms with Gasteiger partial charge in [0.2, 0.25) is 5.91 Å². The number of amides is 2. The van der Waals surface area contributed by atoms with Crippen LogP contribution in [0.25, 0.3) is 0 Å². The maximum atomic E-state index is 12.6. The number of aryl methyl sites for hydroxylation is 2. The van der Waals surface area contributed by atoms with Gasteiger partial charge in [-0.15, -0.1) is 0 Å². The van der Waals surface area contributed by atoms with Crippen molar-refractivity contribution in [2.45, 2.75) is 32.4 Å². The lowest BCUT2D eigenvalue weighted by Gasteiger charge is -2.23. The van der Waals surface area contributed by atoms with Crippen molar-refractivity contribution in [2.75, 3.05) is 13.1 Å². The first-order chi connectivity index (χ1) is 13.3. The van der Waals surface area contributed by atoms with Crippen LogP contribution in [0.5, 0.6) is 5.75 Å². The van der Waals surface area contributed by atoms with Crippen LogP contribution < -0.4 is 16.0 Å². The number of nitrogens with two attached hydrogens (primary N) is 1. The molecule has 0 bridgehead atoms. The van der Waals surface area contributed by atoms with Crippen molar-refractivity contribution >= 4 is 11.8 Å². The van der Waals surface area contributed by atoms with Crippen molar-refractivity contribution in [1.82, 2.24) is 15.4 Å². The molecule has 8 heteroatoms. The lowest BCUT2D eigenvalue weighted by Crippen LogP contribution is -2.47. The zero-order chi connectivity index (χ0) is 20.3. The quantitative estimate of drug-likeness (QED) is 0.508. The molecule has 4 N–H and O–H groups in total. The minimum absolute atomic E-state index is 0.222. The Morgan fingerprint density at radius 1 is 1.29 bits per heavy atom. The number of nitrogens with one attached hydrogen (secondary N) is 1. The first-order valence-corrected chi connectivity index (χ1v) is 9.00. The monoisotopic (exact) mass is 384 g/mol. The average molecular weight is 384 g/mol. The molecule has 1 aliphatic rings. The van der Waals surface area contributed by atoms with E-state index < -0.39 is 11.4 Å². The average Bonchev–Trinajstić information content (AvgIpc) is 2.95. The van der Waals surface area contributed by atoms with E-state index in [-0.39, 0.29) is 12.5 Å². The molecule has 1 aliphatic heterocycles. The molecule has 8 nitrogen and oxygen atoms in total. The summed E-state index contributed by atoms with van der Waals surface area (Å²) in [6, 6.07) is 11.1. The highest BCUT2D eigenvalue weighted by Gasteiger charge is 2.45. The predicted octanol–water partition coefficient (Wildman–Crippen LogP) is 1.17. The Bertz CT molecular complexity index is 864. The van der Waals surface area contributed by atoms with Gasteiger partial charge >= 0.3 is 0 Å². The first kappa shape index (κ1) is 19.8. The summed E-state index contributed by atoms with van der Waals surface area (Å²) in [6.45, 7) is 4.43. The lowest BCUT2D eigenvalue weighted by atomic mass is 9.89. The van der Waals surface area contributed by atoms with Crippen LogP contribution in [0.3, 0.4) is 0 Å². The van der Waals surface area contributed by atoms with E-state index in [1.54, 1.807) is 24.3 Å². The van der Waals surface area contributed by atoms with Gasteiger partial charge in [-0.25, -0.2) is 5.48 Å². The van der Waals surface area contributed by atoms with Gasteiger partial charge in [0.25, 0.3) is 5.91 Å². The second-order valence-electron chi connectivity index (χ2n) is 7.05. The minimum Gasteiger partial charge on any atom is -0.489 e. The zero-order valence-corrected chi connectivity index (χ0v) is 15.9. The summed E-state index contributed by atoms with van der Waals surface area (Å²) in [4.78, 5) is 29.6. The maximum Gasteiger partial charge on any atom is 0.262 e. The number of carbonyl (C=O) groups is 2. The topological polar surface area (TPSA) is 118 Å². The Kier molecular flexibility index (Phi) is 5.62. The molecule has 1 fully saturated rings. The van der Waals surface area contributed by atoms with E-state index in [1.165, 1.54) is 10.4 Å². The molecule has 0 saturated carbocycles. The third-order valence-corrected chi connectivity index (χ3v) is 4.82. The second-order valence-corrected chi connectivity index (χ2v) is 7.05. The smallest absolute Gasteiger partial charge is 0.262 e. The van der Waals surface area contributed by atoms with Gasteiger partial charge < -0.3 is 15.4 Å². The van der Waals surface area contributed by atoms with Crippen molar-refractivity contribution in [3.63, 3.8) is 0 Å². The van der Waals surface area contributed by atoms with Crippen LogP contribution in [0.2, 0.25) is 0 Å². The third-order valence-electron chi connectivity index (χ3n) is 4.82. The van der Waals surface area contributed by atoms with Gasteiger partial charge in [-0.2, -0.15) is 0 Å². The number of aromatic nitrogens is 1. The molecule has 2 amide bonds. The number of likely N-dealkylation sites (tertiary alicyclic amines) is 1. The molecule has 2 aromatic rings. The molecule has 0 radical (unpaired) electrons. The number of nitrogens with zero attached hydrogens (tertiary/aromatic N) is 2. The summed E-state index contributed by atoms with van der Waals surface area (Å²) in [7, 11) is 0. The number of hydrogen-bond donors (Lipinski definition) is 3. The van der Waals surface area contributed by atoms with Gasteiger partial charge in [0.15, 0.2) is 0 Å². The number of ether oxygens (including phenoxy) is 1. The van der Waals surface area contributed by atoms with Crippen LogP contribution in [0, 0.1) is 13.8 Å². The summed E-state index contributed by atoms with van der Waals surface area (Å²) in [5, 5.41) is 8.64. The minimum atomic E-state index is -1.19. The normalized spacial score (nSPS) is 19.0. The molecule has 0 aliphatic carbocycles. The number of carbonyl (C=O) groups excluding carboxylic acids is 2. The largest absolute Gasteiger partial charge is 0.489 e. The van der Waals surface area contributed by atoms with Gasteiger partial charge in [-0.05, 0) is 55.7 Å². The zero-order valence-electron chi connectivity index (χ0n) is 15.9. The van der Waals surface area contributed by atoms with E-state index in [4.69, 9.17) is 15.7 Å². The third kappa shape index (κ3) is 4.13. The Balaban J connectivity index is 1.66. The van der Waals surface area contributed by atoms with Gasteiger partial charge in [0.05, 0.1) is 0 Å². The molecule has 148 valence electrons. The van der Waals surface area contributed by atoms with Crippen LogP contribution in [0.4, 0.5) is 0 Å². The molecule has 1 atom stereocenters. The van der Waals surface area contributed by atoms with Gasteiger partial charge in [0, 0.05) is 17.9 Å². The van der Waals surface area contributed by atoms with Crippen molar-refractivity contribution in [2.24, 2.45) is 5.73 Å². The highest BCUT2D eigenvalue weighted by atomic mass is 16.5. The number of benzene rings is 1. The maximum absolute atomic E-state index is 12.6. The number of hydrogen-bond acceptors (Lipinski definition) is 6. The summed E-state index contributed by atoms with van der Waals surface area (Å²) < 4.78 is 5.82. The second kappa shape index (κ2) is 7.95. The molecule has 0 spiro atoms. The lowest BCUT2D eigenvalue weighted by molar-refractivity contribution is -0.139. The summed E-state index contributed by atoms with van der Waals surface area (Å²) in [6.07, 6.45) is 0.389. The molecular weight excluding hydrogens is 360 g/mol. The van der Waals surface area contributed by atoms with Gasteiger partial charge in [0.1, 0.15) is 24.4 Å². The van der Waals surface area contributed by atoms with E-state index in [0.717, 1.165) is 17.0 Å². The van der Waals surface area contributed by atoms with Crippen LogP contribution in [-0.2, 0) is 21.7 Å². The van der Waals surface area contributed by atoms with Crippen molar-refractivity contribution in [1.29, 1.82) is 0 Å². The van der Waals surface area contributed by atoms with Gasteiger partial charge in [-0.3, -0.25) is 19.8 Å². The molecule has 28 heavy (non-hydrogen) atoms. The number of pyridine rings is 1. The van der Waals surface area contributed by atoms with Crippen molar-refractivity contribution < 1.29 is 19.5 Å². The molecule has 2 heterocycles. The summed E-state index contributed by atoms with van der Waals surface area (Å²) >= 11 is 0. The Labute approximate surface area is 163 Å². The van der Waals surface area contributed by atoms with E-state index in [9.17, 15) is 9.59 Å². The van der Waals surface area contributed by atoms with Crippen LogP contribution in [0.1, 0.15) is 28.9 Å². The first-order valence-electron chi connectivity index (χ1n) is 9.00. The molecule has 1 unspecified atom stereocenters. The Morgan fingerprint density at radius 2 is 1.93 bits per heavy atom. The number of hydroxylamine groups is 1. The van der Waals surface area contributed by atoms with E-state index >= 15 is 0 Å². The van der Waals surface area contributed by atoms with Crippen molar-refractivity contribution in [3.05, 3.63) is 58.9 Å². The molecule has 1 aromatic heterocycles. The van der Waals surface area contributed by atoms with Crippen molar-refractivity contribution in [3.8, 4) is 5.75 Å². The Hall–Kier alpha value is -2.97. The molecular formula is C20H24N4O4. The summed E-state index contributed by atoms with van der Waals surface area (Å²) in [5.41, 5.74) is 10.3. The fraction of sp³-hybridized carbons (Fsp3) is 0.350. The molecule has 1 aromatic carbocycles. The standard InChI is InChI=1S/C20H24N4O4/c1-13-9-15(10-14(2)22-13)12-28-17-5-3-16(4-6-17)20(21)7-8-24(19(20)26)11-18(25)23-27/h3-6,9-10,27H,7-8,11-12,21H2,1-2H3,(H,23,25). The van der Waals surface area contributed by atoms with E-state index in [0.29, 0.717) is 30.9 Å². The van der Waals surface area contributed by atoms with Crippen LogP contribution in [0.15, 0.2) is 36.4 Å². The molecule has 3 rings (SSSR count). The van der Waals surface area contributed by atoms with Crippen LogP contribution >= 0.6 is 0 Å². The molecule has 1 saturated heterocycles. The number of rotatable bonds is 6. The SMILES string of the molecule is Cc1cc(COc2ccc(C3(N)CCN(CC(=O)NO)C3=O)cc2)cc(C)n1. The van der Waals surface area contributed by atoms with E-state index in [2.05, 4.69) is 4.98 Å². The van der Waals surface area contributed by atoms with Crippen LogP contribution in [-0.4, -0.2) is 40.0 Å². The fourth-order valence-electron chi connectivity index (χ4n) is 3.45. The Morgan fingerprint density at radius 3 is 2.54 bits per heavy atom.